The molecule has 1 aromatic carbocycles. The number of rotatable bonds is 10. The van der Waals surface area contributed by atoms with Crippen molar-refractivity contribution in [2.24, 2.45) is 4.99 Å². The molecule has 0 amide bonds. The third kappa shape index (κ3) is 8.56. The maximum atomic E-state index is 4.69. The second-order valence-corrected chi connectivity index (χ2v) is 6.46. The lowest BCUT2D eigenvalue weighted by Crippen LogP contribution is -2.48. The van der Waals surface area contributed by atoms with Crippen molar-refractivity contribution in [2.45, 2.75) is 39.8 Å². The van der Waals surface area contributed by atoms with Crippen LogP contribution in [-0.2, 0) is 13.0 Å². The first-order chi connectivity index (χ1) is 13.3. The highest BCUT2D eigenvalue weighted by atomic mass is 127. The molecular weight excluding hydrogens is 461 g/mol. The average Bonchev–Trinajstić information content (AvgIpc) is 2.72. The third-order valence-electron chi connectivity index (χ3n) is 4.62. The van der Waals surface area contributed by atoms with Crippen LogP contribution in [0, 0.1) is 0 Å². The second kappa shape index (κ2) is 14.3. The molecule has 154 valence electrons. The molecule has 2 rings (SSSR count). The number of hydrogen-bond donors (Lipinski definition) is 2. The number of nitrogens with zero attached hydrogens (tertiary/aromatic N) is 3. The van der Waals surface area contributed by atoms with E-state index in [-0.39, 0.29) is 24.0 Å². The lowest BCUT2D eigenvalue weighted by atomic mass is 10.0. The number of nitrogens with one attached hydrogen (secondary N) is 2. The minimum Gasteiger partial charge on any atom is -0.357 e. The van der Waals surface area contributed by atoms with E-state index in [0.717, 1.165) is 44.3 Å². The minimum absolute atomic E-state index is 0. The monoisotopic (exact) mass is 495 g/mol. The Bertz CT molecular complexity index is 659. The van der Waals surface area contributed by atoms with Gasteiger partial charge in [0.1, 0.15) is 0 Å². The number of pyridine rings is 1. The number of aromatic nitrogens is 1. The fourth-order valence-corrected chi connectivity index (χ4v) is 3.16. The highest BCUT2D eigenvalue weighted by Gasteiger charge is 2.16. The molecule has 0 bridgehead atoms. The SMILES string of the molecule is CCNC(=NCc1ccccn1)NCC(Cc1ccccc1)N(CC)CC.I. The van der Waals surface area contributed by atoms with E-state index in [2.05, 4.69) is 76.6 Å². The summed E-state index contributed by atoms with van der Waals surface area (Å²) >= 11 is 0. The molecule has 5 nitrogen and oxygen atoms in total. The number of likely N-dealkylation sites (N-methyl/N-ethyl adjacent to an activating group) is 1. The van der Waals surface area contributed by atoms with Gasteiger partial charge in [-0.15, -0.1) is 24.0 Å². The van der Waals surface area contributed by atoms with Crippen LogP contribution in [0.2, 0.25) is 0 Å². The minimum atomic E-state index is 0. The van der Waals surface area contributed by atoms with Gasteiger partial charge in [-0.05, 0) is 44.1 Å². The van der Waals surface area contributed by atoms with Crippen molar-refractivity contribution in [1.82, 2.24) is 20.5 Å². The van der Waals surface area contributed by atoms with E-state index < -0.39 is 0 Å². The van der Waals surface area contributed by atoms with Crippen LogP contribution >= 0.6 is 24.0 Å². The largest absolute Gasteiger partial charge is 0.357 e. The van der Waals surface area contributed by atoms with Gasteiger partial charge in [0.05, 0.1) is 12.2 Å². The first-order valence-electron chi connectivity index (χ1n) is 9.96. The van der Waals surface area contributed by atoms with Gasteiger partial charge in [-0.3, -0.25) is 9.88 Å². The molecule has 0 aliphatic carbocycles. The van der Waals surface area contributed by atoms with Crippen molar-refractivity contribution >= 4 is 29.9 Å². The van der Waals surface area contributed by atoms with Crippen molar-refractivity contribution < 1.29 is 0 Å². The van der Waals surface area contributed by atoms with E-state index in [1.54, 1.807) is 0 Å². The molecule has 1 atom stereocenters. The highest BCUT2D eigenvalue weighted by Crippen LogP contribution is 2.08. The van der Waals surface area contributed by atoms with Crippen molar-refractivity contribution in [2.75, 3.05) is 26.2 Å². The third-order valence-corrected chi connectivity index (χ3v) is 4.62. The van der Waals surface area contributed by atoms with Crippen LogP contribution < -0.4 is 10.6 Å². The van der Waals surface area contributed by atoms with Crippen LogP contribution in [0.5, 0.6) is 0 Å². The van der Waals surface area contributed by atoms with Crippen LogP contribution in [-0.4, -0.2) is 48.1 Å². The van der Waals surface area contributed by atoms with Gasteiger partial charge >= 0.3 is 0 Å². The van der Waals surface area contributed by atoms with Crippen molar-refractivity contribution in [3.8, 4) is 0 Å². The zero-order valence-electron chi connectivity index (χ0n) is 17.3. The molecule has 0 aliphatic heterocycles. The Labute approximate surface area is 187 Å². The summed E-state index contributed by atoms with van der Waals surface area (Å²) in [5.74, 6) is 0.841. The smallest absolute Gasteiger partial charge is 0.191 e. The van der Waals surface area contributed by atoms with Gasteiger partial charge < -0.3 is 10.6 Å². The Morgan fingerprint density at radius 1 is 1.00 bits per heavy atom. The predicted octanol–water partition coefficient (Wildman–Crippen LogP) is 3.71. The Morgan fingerprint density at radius 3 is 2.32 bits per heavy atom. The quantitative estimate of drug-likeness (QED) is 0.300. The van der Waals surface area contributed by atoms with E-state index in [9.17, 15) is 0 Å². The molecule has 1 aromatic heterocycles. The summed E-state index contributed by atoms with van der Waals surface area (Å²) in [5, 5.41) is 6.87. The molecule has 2 aromatic rings. The molecule has 6 heteroatoms. The fourth-order valence-electron chi connectivity index (χ4n) is 3.16. The summed E-state index contributed by atoms with van der Waals surface area (Å²) in [7, 11) is 0. The van der Waals surface area contributed by atoms with Gasteiger partial charge in [0.15, 0.2) is 5.96 Å². The number of halogens is 1. The zero-order chi connectivity index (χ0) is 19.3. The van der Waals surface area contributed by atoms with Crippen molar-refractivity contribution in [3.05, 3.63) is 66.0 Å². The summed E-state index contributed by atoms with van der Waals surface area (Å²) in [6.45, 7) is 10.9. The Kier molecular flexibility index (Phi) is 12.5. The lowest BCUT2D eigenvalue weighted by molar-refractivity contribution is 0.215. The number of hydrogen-bond acceptors (Lipinski definition) is 3. The topological polar surface area (TPSA) is 52.6 Å². The highest BCUT2D eigenvalue weighted by molar-refractivity contribution is 14.0. The molecular formula is C22H34IN5. The van der Waals surface area contributed by atoms with Crippen LogP contribution in [0.1, 0.15) is 32.0 Å². The van der Waals surface area contributed by atoms with E-state index in [1.165, 1.54) is 5.56 Å². The van der Waals surface area contributed by atoms with E-state index in [4.69, 9.17) is 0 Å². The van der Waals surface area contributed by atoms with Crippen molar-refractivity contribution in [1.29, 1.82) is 0 Å². The van der Waals surface area contributed by atoms with Gasteiger partial charge in [0.25, 0.3) is 0 Å². The molecule has 0 saturated carbocycles. The lowest BCUT2D eigenvalue weighted by Gasteiger charge is -2.30. The zero-order valence-corrected chi connectivity index (χ0v) is 19.6. The van der Waals surface area contributed by atoms with Crippen LogP contribution in [0.15, 0.2) is 59.7 Å². The Hall–Kier alpha value is -1.67. The number of aliphatic imine (C=N–C) groups is 1. The molecule has 0 spiro atoms. The molecule has 0 fully saturated rings. The maximum Gasteiger partial charge on any atom is 0.191 e. The molecule has 28 heavy (non-hydrogen) atoms. The molecule has 0 radical (unpaired) electrons. The molecule has 2 N–H and O–H groups in total. The van der Waals surface area contributed by atoms with Gasteiger partial charge in [-0.1, -0.05) is 50.2 Å². The summed E-state index contributed by atoms with van der Waals surface area (Å²) in [5.41, 5.74) is 2.34. The predicted molar refractivity (Wildman–Crippen MR) is 129 cm³/mol. The van der Waals surface area contributed by atoms with Crippen LogP contribution in [0.4, 0.5) is 0 Å². The molecule has 1 heterocycles. The van der Waals surface area contributed by atoms with E-state index in [1.807, 2.05) is 24.4 Å². The average molecular weight is 495 g/mol. The van der Waals surface area contributed by atoms with Gasteiger partial charge in [-0.25, -0.2) is 4.99 Å². The normalized spacial score (nSPS) is 12.4. The first kappa shape index (κ1) is 24.4. The van der Waals surface area contributed by atoms with Crippen molar-refractivity contribution in [3.63, 3.8) is 0 Å². The van der Waals surface area contributed by atoms with Gasteiger partial charge in [-0.2, -0.15) is 0 Å². The summed E-state index contributed by atoms with van der Waals surface area (Å²) < 4.78 is 0. The first-order valence-corrected chi connectivity index (χ1v) is 9.96. The van der Waals surface area contributed by atoms with Gasteiger partial charge in [0, 0.05) is 25.3 Å². The molecule has 0 saturated heterocycles. The summed E-state index contributed by atoms with van der Waals surface area (Å²) in [4.78, 5) is 11.5. The van der Waals surface area contributed by atoms with Gasteiger partial charge in [0.2, 0.25) is 0 Å². The number of benzene rings is 1. The Balaban J connectivity index is 0.00000392. The number of guanidine groups is 1. The van der Waals surface area contributed by atoms with Crippen LogP contribution in [0.25, 0.3) is 0 Å². The van der Waals surface area contributed by atoms with Crippen LogP contribution in [0.3, 0.4) is 0 Å². The van der Waals surface area contributed by atoms with E-state index >= 15 is 0 Å². The molecule has 0 aliphatic rings. The second-order valence-electron chi connectivity index (χ2n) is 6.46. The summed E-state index contributed by atoms with van der Waals surface area (Å²) in [6.07, 6.45) is 2.83. The maximum absolute atomic E-state index is 4.69. The summed E-state index contributed by atoms with van der Waals surface area (Å²) in [6, 6.07) is 17.0. The Morgan fingerprint density at radius 2 is 1.71 bits per heavy atom. The van der Waals surface area contributed by atoms with E-state index in [0.29, 0.717) is 12.6 Å². The molecule has 1 unspecified atom stereocenters. The fraction of sp³-hybridized carbons (Fsp3) is 0.455. The standard InChI is InChI=1S/C22H33N5.HI/c1-4-23-22(25-17-20-14-10-11-15-24-20)26-18-21(27(5-2)6-3)16-19-12-8-7-9-13-19;/h7-15,21H,4-6,16-18H2,1-3H3,(H2,23,25,26);1H.